The lowest BCUT2D eigenvalue weighted by atomic mass is 10.5. The molecule has 0 aliphatic heterocycles. The highest BCUT2D eigenvalue weighted by Gasteiger charge is 1.99. The van der Waals surface area contributed by atoms with Crippen LogP contribution in [-0.4, -0.2) is 50.5 Å². The summed E-state index contributed by atoms with van der Waals surface area (Å²) in [4.78, 5) is 8.48. The van der Waals surface area contributed by atoms with E-state index in [1.807, 2.05) is 20.0 Å². The summed E-state index contributed by atoms with van der Waals surface area (Å²) in [6, 6.07) is 1.86. The van der Waals surface area contributed by atoms with Gasteiger partial charge in [0.05, 0.1) is 19.8 Å². The molecule has 0 atom stereocenters. The molecule has 0 saturated carbocycles. The van der Waals surface area contributed by atoms with E-state index in [0.29, 0.717) is 26.4 Å². The third-order valence-electron chi connectivity index (χ3n) is 2.08. The molecule has 0 spiro atoms. The van der Waals surface area contributed by atoms with E-state index in [1.165, 1.54) is 0 Å². The number of hydrogen-bond donors (Lipinski definition) is 2. The van der Waals surface area contributed by atoms with Gasteiger partial charge in [-0.2, -0.15) is 0 Å². The van der Waals surface area contributed by atoms with Crippen LogP contribution in [0.3, 0.4) is 0 Å². The van der Waals surface area contributed by atoms with Gasteiger partial charge in [0, 0.05) is 26.8 Å². The van der Waals surface area contributed by atoms with E-state index in [0.717, 1.165) is 17.5 Å². The Morgan fingerprint density at radius 1 is 1.18 bits per heavy atom. The molecule has 17 heavy (non-hydrogen) atoms. The maximum Gasteiger partial charge on any atom is 0.131 e. The molecule has 1 heterocycles. The number of ether oxygens (including phenoxy) is 2. The first-order valence-electron chi connectivity index (χ1n) is 5.60. The fourth-order valence-corrected chi connectivity index (χ4v) is 1.28. The number of anilines is 2. The van der Waals surface area contributed by atoms with E-state index in [9.17, 15) is 0 Å². The number of methoxy groups -OCH3 is 1. The monoisotopic (exact) mass is 240 g/mol. The summed E-state index contributed by atoms with van der Waals surface area (Å²) in [5.74, 6) is 2.34. The molecule has 0 radical (unpaired) electrons. The number of nitrogens with one attached hydrogen (secondary N) is 2. The second-order valence-electron chi connectivity index (χ2n) is 3.47. The number of aryl methyl sites for hydroxylation is 1. The van der Waals surface area contributed by atoms with E-state index in [4.69, 9.17) is 9.47 Å². The smallest absolute Gasteiger partial charge is 0.131 e. The molecule has 0 amide bonds. The fourth-order valence-electron chi connectivity index (χ4n) is 1.28. The van der Waals surface area contributed by atoms with Gasteiger partial charge in [-0.1, -0.05) is 0 Å². The molecule has 0 aliphatic rings. The molecule has 0 aliphatic carbocycles. The van der Waals surface area contributed by atoms with Crippen LogP contribution in [-0.2, 0) is 9.47 Å². The average Bonchev–Trinajstić information content (AvgIpc) is 2.33. The lowest BCUT2D eigenvalue weighted by Crippen LogP contribution is -2.13. The van der Waals surface area contributed by atoms with Crippen LogP contribution in [0.15, 0.2) is 6.07 Å². The van der Waals surface area contributed by atoms with Gasteiger partial charge in [0.25, 0.3) is 0 Å². The van der Waals surface area contributed by atoms with E-state index in [1.54, 1.807) is 7.11 Å². The highest BCUT2D eigenvalue weighted by molar-refractivity contribution is 5.46. The van der Waals surface area contributed by atoms with Gasteiger partial charge >= 0.3 is 0 Å². The highest BCUT2D eigenvalue weighted by Crippen LogP contribution is 2.09. The van der Waals surface area contributed by atoms with Crippen molar-refractivity contribution in [1.29, 1.82) is 0 Å². The molecule has 0 aromatic carbocycles. The third-order valence-corrected chi connectivity index (χ3v) is 2.08. The minimum Gasteiger partial charge on any atom is -0.382 e. The van der Waals surface area contributed by atoms with Gasteiger partial charge in [0.2, 0.25) is 0 Å². The Bertz CT molecular complexity index is 333. The molecule has 6 nitrogen and oxygen atoms in total. The van der Waals surface area contributed by atoms with Gasteiger partial charge in [-0.3, -0.25) is 0 Å². The molecule has 96 valence electrons. The summed E-state index contributed by atoms with van der Waals surface area (Å²) in [6.07, 6.45) is 0. The van der Waals surface area contributed by atoms with Crippen molar-refractivity contribution in [3.63, 3.8) is 0 Å². The fraction of sp³-hybridized carbons (Fsp3) is 0.636. The quantitative estimate of drug-likeness (QED) is 0.658. The van der Waals surface area contributed by atoms with Gasteiger partial charge in [0.1, 0.15) is 17.5 Å². The normalized spacial score (nSPS) is 10.3. The SMILES string of the molecule is CNc1cc(NCCOCCOC)nc(C)n1. The van der Waals surface area contributed by atoms with Crippen molar-refractivity contribution in [2.75, 3.05) is 51.2 Å². The molecule has 2 N–H and O–H groups in total. The first kappa shape index (κ1) is 13.7. The van der Waals surface area contributed by atoms with Crippen LogP contribution in [0.2, 0.25) is 0 Å². The topological polar surface area (TPSA) is 68.3 Å². The zero-order chi connectivity index (χ0) is 12.5. The molecule has 1 aromatic heterocycles. The molecule has 0 fully saturated rings. The highest BCUT2D eigenvalue weighted by atomic mass is 16.5. The Kier molecular flexibility index (Phi) is 6.27. The van der Waals surface area contributed by atoms with Gasteiger partial charge in [-0.25, -0.2) is 9.97 Å². The van der Waals surface area contributed by atoms with Crippen molar-refractivity contribution >= 4 is 11.6 Å². The van der Waals surface area contributed by atoms with E-state index < -0.39 is 0 Å². The summed E-state index contributed by atoms with van der Waals surface area (Å²) < 4.78 is 10.2. The van der Waals surface area contributed by atoms with Crippen LogP contribution in [0.5, 0.6) is 0 Å². The van der Waals surface area contributed by atoms with Crippen molar-refractivity contribution < 1.29 is 9.47 Å². The zero-order valence-electron chi connectivity index (χ0n) is 10.6. The Morgan fingerprint density at radius 3 is 2.65 bits per heavy atom. The molecular weight excluding hydrogens is 220 g/mol. The Balaban J connectivity index is 2.28. The van der Waals surface area contributed by atoms with Crippen molar-refractivity contribution in [3.05, 3.63) is 11.9 Å². The average molecular weight is 240 g/mol. The molecule has 0 saturated heterocycles. The van der Waals surface area contributed by atoms with Crippen LogP contribution in [0.4, 0.5) is 11.6 Å². The summed E-state index contributed by atoms with van der Waals surface area (Å²) in [7, 11) is 3.49. The van der Waals surface area contributed by atoms with Crippen LogP contribution < -0.4 is 10.6 Å². The zero-order valence-corrected chi connectivity index (χ0v) is 10.6. The summed E-state index contributed by atoms with van der Waals surface area (Å²) in [5, 5.41) is 6.17. The van der Waals surface area contributed by atoms with E-state index >= 15 is 0 Å². The molecule has 1 aromatic rings. The number of rotatable bonds is 8. The molecule has 1 rings (SSSR count). The molecule has 6 heteroatoms. The Labute approximate surface area is 102 Å². The van der Waals surface area contributed by atoms with Crippen LogP contribution in [0.1, 0.15) is 5.82 Å². The maximum absolute atomic E-state index is 5.34. The molecular formula is C11H20N4O2. The van der Waals surface area contributed by atoms with Crippen LogP contribution in [0, 0.1) is 6.92 Å². The number of nitrogens with zero attached hydrogens (tertiary/aromatic N) is 2. The lowest BCUT2D eigenvalue weighted by molar-refractivity contribution is 0.0759. The predicted octanol–water partition coefficient (Wildman–Crippen LogP) is 0.902. The summed E-state index contributed by atoms with van der Waals surface area (Å²) in [6.45, 7) is 4.44. The summed E-state index contributed by atoms with van der Waals surface area (Å²) >= 11 is 0. The predicted molar refractivity (Wildman–Crippen MR) is 67.5 cm³/mol. The van der Waals surface area contributed by atoms with Gasteiger partial charge < -0.3 is 20.1 Å². The Morgan fingerprint density at radius 2 is 1.94 bits per heavy atom. The third kappa shape index (κ3) is 5.46. The van der Waals surface area contributed by atoms with Gasteiger partial charge in [-0.05, 0) is 6.92 Å². The first-order chi connectivity index (χ1) is 8.26. The Hall–Kier alpha value is -1.40. The minimum absolute atomic E-state index is 0.614. The first-order valence-corrected chi connectivity index (χ1v) is 5.60. The number of hydrogen-bond acceptors (Lipinski definition) is 6. The van der Waals surface area contributed by atoms with Crippen molar-refractivity contribution in [2.24, 2.45) is 0 Å². The second-order valence-corrected chi connectivity index (χ2v) is 3.47. The standard InChI is InChI=1S/C11H20N4O2/c1-9-14-10(12-2)8-11(15-9)13-4-5-17-7-6-16-3/h8H,4-7H2,1-3H3,(H2,12,13,14,15). The van der Waals surface area contributed by atoms with Gasteiger partial charge in [0.15, 0.2) is 0 Å². The lowest BCUT2D eigenvalue weighted by Gasteiger charge is -2.08. The van der Waals surface area contributed by atoms with Gasteiger partial charge in [-0.15, -0.1) is 0 Å². The van der Waals surface area contributed by atoms with Crippen molar-refractivity contribution in [1.82, 2.24) is 9.97 Å². The van der Waals surface area contributed by atoms with Crippen LogP contribution >= 0.6 is 0 Å². The van der Waals surface area contributed by atoms with Crippen molar-refractivity contribution in [3.8, 4) is 0 Å². The molecule has 0 bridgehead atoms. The molecule has 0 unspecified atom stereocenters. The largest absolute Gasteiger partial charge is 0.382 e. The summed E-state index contributed by atoms with van der Waals surface area (Å²) in [5.41, 5.74) is 0. The minimum atomic E-state index is 0.614. The van der Waals surface area contributed by atoms with Crippen LogP contribution in [0.25, 0.3) is 0 Å². The van der Waals surface area contributed by atoms with E-state index in [-0.39, 0.29) is 0 Å². The second kappa shape index (κ2) is 7.81. The van der Waals surface area contributed by atoms with Crippen molar-refractivity contribution in [2.45, 2.75) is 6.92 Å². The van der Waals surface area contributed by atoms with E-state index in [2.05, 4.69) is 20.6 Å². The maximum atomic E-state index is 5.34. The number of aromatic nitrogens is 2.